The third kappa shape index (κ3) is 7.14. The molecule has 2 amide bonds. The number of rotatable bonds is 7. The number of carbonyl (C=O) groups is 3. The van der Waals surface area contributed by atoms with Crippen molar-refractivity contribution in [2.24, 2.45) is 10.7 Å². The van der Waals surface area contributed by atoms with Crippen LogP contribution in [0.4, 0.5) is 4.79 Å². The summed E-state index contributed by atoms with van der Waals surface area (Å²) in [6.45, 7) is 8.16. The largest absolute Gasteiger partial charge is 0.473 e. The van der Waals surface area contributed by atoms with Gasteiger partial charge in [-0.3, -0.25) is 4.79 Å². The number of hydrogen-bond acceptors (Lipinski definition) is 7. The fourth-order valence-corrected chi connectivity index (χ4v) is 5.17. The standard InChI is InChI=1S/C29H33N3O6S/c1-18(26(33)32-15-8-9-16-32)36-27(34)24(19-11-6-5-7-12-19)37-21-13-10-14-22-20(21)17-23(39-22)25(30)31-28(35)38-29(2,3)4/h5-7,10-14,17-18,24H,8-9,15-16H2,1-4H3,(H2,30,31,35)/t18-,24+/m0/s1. The van der Waals surface area contributed by atoms with Crippen molar-refractivity contribution in [1.29, 1.82) is 0 Å². The SMILES string of the molecule is C[C@H](OC(=O)[C@H](Oc1cccc2sc(/C(N)=N\C(=O)OC(C)(C)C)cc12)c1ccccc1)C(=O)N1CCCC1. The van der Waals surface area contributed by atoms with Crippen molar-refractivity contribution >= 4 is 45.2 Å². The molecule has 2 heterocycles. The molecule has 3 aromatic rings. The van der Waals surface area contributed by atoms with Gasteiger partial charge in [-0.25, -0.2) is 9.59 Å². The smallest absolute Gasteiger partial charge is 0.436 e. The Labute approximate surface area is 231 Å². The summed E-state index contributed by atoms with van der Waals surface area (Å²) in [7, 11) is 0. The molecule has 0 spiro atoms. The van der Waals surface area contributed by atoms with Crippen LogP contribution in [-0.4, -0.2) is 53.5 Å². The third-order valence-electron chi connectivity index (χ3n) is 6.00. The minimum atomic E-state index is -1.11. The summed E-state index contributed by atoms with van der Waals surface area (Å²) < 4.78 is 17.9. The van der Waals surface area contributed by atoms with E-state index < -0.39 is 29.9 Å². The fourth-order valence-electron chi connectivity index (χ4n) is 4.19. The van der Waals surface area contributed by atoms with E-state index in [9.17, 15) is 14.4 Å². The summed E-state index contributed by atoms with van der Waals surface area (Å²) in [6.07, 6.45) is -0.929. The Kier molecular flexibility index (Phi) is 8.54. The lowest BCUT2D eigenvalue weighted by molar-refractivity contribution is -0.164. The number of nitrogens with zero attached hydrogens (tertiary/aromatic N) is 2. The molecule has 4 rings (SSSR count). The number of ether oxygens (including phenoxy) is 3. The predicted octanol–water partition coefficient (Wildman–Crippen LogP) is 5.22. The van der Waals surface area contributed by atoms with Crippen molar-refractivity contribution in [3.63, 3.8) is 0 Å². The number of hydrogen-bond donors (Lipinski definition) is 1. The molecule has 2 atom stereocenters. The molecule has 1 aromatic heterocycles. The van der Waals surface area contributed by atoms with Gasteiger partial charge < -0.3 is 24.8 Å². The number of thiophene rings is 1. The highest BCUT2D eigenvalue weighted by Gasteiger charge is 2.31. The molecule has 39 heavy (non-hydrogen) atoms. The van der Waals surface area contributed by atoms with Gasteiger partial charge in [0.1, 0.15) is 17.2 Å². The Morgan fingerprint density at radius 1 is 1.03 bits per heavy atom. The predicted molar refractivity (Wildman–Crippen MR) is 150 cm³/mol. The van der Waals surface area contributed by atoms with Gasteiger partial charge in [0.2, 0.25) is 6.10 Å². The van der Waals surface area contributed by atoms with Crippen molar-refractivity contribution in [3.8, 4) is 5.75 Å². The highest BCUT2D eigenvalue weighted by atomic mass is 32.1. The van der Waals surface area contributed by atoms with Crippen molar-refractivity contribution < 1.29 is 28.6 Å². The lowest BCUT2D eigenvalue weighted by atomic mass is 10.1. The summed E-state index contributed by atoms with van der Waals surface area (Å²) >= 11 is 1.33. The second-order valence-electron chi connectivity index (χ2n) is 10.3. The normalized spacial score (nSPS) is 15.6. The molecule has 2 N–H and O–H groups in total. The van der Waals surface area contributed by atoms with E-state index in [0.717, 1.165) is 17.5 Å². The van der Waals surface area contributed by atoms with Crippen molar-refractivity contribution in [3.05, 3.63) is 65.0 Å². The Bertz CT molecular complexity index is 1370. The topological polar surface area (TPSA) is 121 Å². The maximum atomic E-state index is 13.4. The molecule has 2 aromatic carbocycles. The van der Waals surface area contributed by atoms with Crippen molar-refractivity contribution in [2.45, 2.75) is 58.3 Å². The van der Waals surface area contributed by atoms with E-state index in [1.807, 2.05) is 12.1 Å². The number of esters is 1. The Morgan fingerprint density at radius 3 is 2.38 bits per heavy atom. The fraction of sp³-hybridized carbons (Fsp3) is 0.379. The van der Waals surface area contributed by atoms with Crippen LogP contribution in [-0.2, 0) is 19.1 Å². The van der Waals surface area contributed by atoms with E-state index in [2.05, 4.69) is 4.99 Å². The van der Waals surface area contributed by atoms with Gasteiger partial charge >= 0.3 is 12.1 Å². The van der Waals surface area contributed by atoms with Crippen LogP contribution in [0.5, 0.6) is 5.75 Å². The number of aliphatic imine (C=N–C) groups is 1. The van der Waals surface area contributed by atoms with E-state index in [1.54, 1.807) is 75.1 Å². The van der Waals surface area contributed by atoms with Crippen LogP contribution in [0.1, 0.15) is 57.1 Å². The molecule has 9 nitrogen and oxygen atoms in total. The van der Waals surface area contributed by atoms with Crippen LogP contribution in [0.3, 0.4) is 0 Å². The summed E-state index contributed by atoms with van der Waals surface area (Å²) in [4.78, 5) is 44.4. The number of amides is 2. The first-order valence-corrected chi connectivity index (χ1v) is 13.6. The Hall–Kier alpha value is -3.92. The zero-order valence-electron chi connectivity index (χ0n) is 22.5. The maximum Gasteiger partial charge on any atom is 0.436 e. The molecule has 0 saturated carbocycles. The van der Waals surface area contributed by atoms with Crippen LogP contribution in [0, 0.1) is 0 Å². The minimum Gasteiger partial charge on any atom is -0.473 e. The lowest BCUT2D eigenvalue weighted by Crippen LogP contribution is -2.39. The Balaban J connectivity index is 1.59. The monoisotopic (exact) mass is 551 g/mol. The van der Waals surface area contributed by atoms with Gasteiger partial charge in [0.05, 0.1) is 4.88 Å². The highest BCUT2D eigenvalue weighted by molar-refractivity contribution is 7.21. The minimum absolute atomic E-state index is 0.0182. The van der Waals surface area contributed by atoms with E-state index in [4.69, 9.17) is 19.9 Å². The first kappa shape index (κ1) is 28.1. The molecular formula is C29H33N3O6S. The van der Waals surface area contributed by atoms with E-state index in [1.165, 1.54) is 11.3 Å². The zero-order valence-corrected chi connectivity index (χ0v) is 23.3. The average Bonchev–Trinajstić information content (AvgIpc) is 3.57. The second-order valence-corrected chi connectivity index (χ2v) is 11.4. The number of fused-ring (bicyclic) bond motifs is 1. The van der Waals surface area contributed by atoms with Crippen LogP contribution in [0.25, 0.3) is 10.1 Å². The van der Waals surface area contributed by atoms with Crippen LogP contribution in [0.15, 0.2) is 59.6 Å². The summed E-state index contributed by atoms with van der Waals surface area (Å²) in [5.74, 6) is -0.439. The summed E-state index contributed by atoms with van der Waals surface area (Å²) in [6, 6.07) is 16.1. The number of likely N-dealkylation sites (tertiary alicyclic amines) is 1. The average molecular weight is 552 g/mol. The highest BCUT2D eigenvalue weighted by Crippen LogP contribution is 2.35. The molecule has 0 unspecified atom stereocenters. The van der Waals surface area contributed by atoms with E-state index in [-0.39, 0.29) is 11.7 Å². The molecule has 1 fully saturated rings. The van der Waals surface area contributed by atoms with Crippen LogP contribution in [0.2, 0.25) is 0 Å². The van der Waals surface area contributed by atoms with Gasteiger partial charge in [0.25, 0.3) is 5.91 Å². The molecule has 1 saturated heterocycles. The van der Waals surface area contributed by atoms with Crippen LogP contribution < -0.4 is 10.5 Å². The molecule has 0 radical (unpaired) electrons. The van der Waals surface area contributed by atoms with Crippen LogP contribution >= 0.6 is 11.3 Å². The lowest BCUT2D eigenvalue weighted by Gasteiger charge is -2.23. The quantitative estimate of drug-likeness (QED) is 0.243. The second kappa shape index (κ2) is 11.9. The molecule has 0 aliphatic carbocycles. The molecule has 1 aliphatic heterocycles. The van der Waals surface area contributed by atoms with E-state index in [0.29, 0.717) is 34.7 Å². The molecular weight excluding hydrogens is 518 g/mol. The first-order chi connectivity index (χ1) is 18.5. The molecule has 206 valence electrons. The van der Waals surface area contributed by atoms with Gasteiger partial charge in [-0.15, -0.1) is 11.3 Å². The summed E-state index contributed by atoms with van der Waals surface area (Å²) in [5, 5.41) is 0.690. The van der Waals surface area contributed by atoms with Crippen molar-refractivity contribution in [1.82, 2.24) is 4.90 Å². The number of carbonyl (C=O) groups excluding carboxylic acids is 3. The van der Waals surface area contributed by atoms with E-state index >= 15 is 0 Å². The molecule has 1 aliphatic rings. The molecule has 10 heteroatoms. The van der Waals surface area contributed by atoms with Gasteiger partial charge in [-0.2, -0.15) is 4.99 Å². The zero-order chi connectivity index (χ0) is 28.2. The first-order valence-electron chi connectivity index (χ1n) is 12.8. The van der Waals surface area contributed by atoms with Gasteiger partial charge in [-0.05, 0) is 58.7 Å². The van der Waals surface area contributed by atoms with Gasteiger partial charge in [0.15, 0.2) is 6.10 Å². The van der Waals surface area contributed by atoms with Gasteiger partial charge in [-0.1, -0.05) is 36.4 Å². The third-order valence-corrected chi connectivity index (χ3v) is 7.12. The summed E-state index contributed by atoms with van der Waals surface area (Å²) in [5.41, 5.74) is 6.00. The maximum absolute atomic E-state index is 13.4. The van der Waals surface area contributed by atoms with Gasteiger partial charge in [0, 0.05) is 28.7 Å². The number of nitrogens with two attached hydrogens (primary N) is 1. The van der Waals surface area contributed by atoms with Crippen molar-refractivity contribution in [2.75, 3.05) is 13.1 Å². The molecule has 0 bridgehead atoms. The number of amidine groups is 1. The number of benzene rings is 2. The Morgan fingerprint density at radius 2 is 1.72 bits per heavy atom.